The maximum Gasteiger partial charge on any atom is 0.127 e. The molecule has 0 bridgehead atoms. The Kier molecular flexibility index (Phi) is 4.77. The maximum atomic E-state index is 5.94. The molecule has 0 saturated heterocycles. The molecule has 2 unspecified atom stereocenters. The maximum absolute atomic E-state index is 5.94. The Balaban J connectivity index is 1.75. The minimum atomic E-state index is -0.309. The van der Waals surface area contributed by atoms with Crippen LogP contribution in [0.1, 0.15) is 33.7 Å². The van der Waals surface area contributed by atoms with Crippen molar-refractivity contribution in [3.05, 3.63) is 149 Å². The third-order valence-corrected chi connectivity index (χ3v) is 7.32. The number of fused-ring (bicyclic) bond motifs is 2. The van der Waals surface area contributed by atoms with E-state index in [2.05, 4.69) is 121 Å². The first-order valence-corrected chi connectivity index (χ1v) is 11.6. The van der Waals surface area contributed by atoms with Crippen molar-refractivity contribution in [3.8, 4) is 5.75 Å². The van der Waals surface area contributed by atoms with E-state index < -0.39 is 0 Å². The van der Waals surface area contributed by atoms with Crippen molar-refractivity contribution in [1.29, 1.82) is 0 Å². The van der Waals surface area contributed by atoms with Crippen LogP contribution in [0.5, 0.6) is 5.75 Å². The predicted octanol–water partition coefficient (Wildman–Crippen LogP) is 7.52. The highest BCUT2D eigenvalue weighted by Gasteiger charge is 2.50. The monoisotopic (exact) mass is 426 g/mol. The molecule has 0 heterocycles. The number of hydrogen-bond acceptors (Lipinski definition) is 1. The second-order valence-electron chi connectivity index (χ2n) is 8.90. The molecule has 0 fully saturated rings. The van der Waals surface area contributed by atoms with Crippen molar-refractivity contribution in [2.24, 2.45) is 0 Å². The molecule has 1 heteroatoms. The van der Waals surface area contributed by atoms with Crippen LogP contribution in [0.25, 0.3) is 10.8 Å². The van der Waals surface area contributed by atoms with Gasteiger partial charge in [-0.05, 0) is 51.8 Å². The van der Waals surface area contributed by atoms with Gasteiger partial charge in [0.1, 0.15) is 5.75 Å². The van der Waals surface area contributed by atoms with Crippen LogP contribution in [0, 0.1) is 0 Å². The fourth-order valence-corrected chi connectivity index (χ4v) is 5.95. The van der Waals surface area contributed by atoms with Gasteiger partial charge in [0.25, 0.3) is 0 Å². The second kappa shape index (κ2) is 7.94. The number of hydrogen-bond donors (Lipinski definition) is 0. The van der Waals surface area contributed by atoms with Gasteiger partial charge in [-0.3, -0.25) is 0 Å². The summed E-state index contributed by atoms with van der Waals surface area (Å²) in [5.74, 6) is 1.21. The van der Waals surface area contributed by atoms with Crippen LogP contribution in [-0.4, -0.2) is 7.11 Å². The molecule has 0 N–H and O–H groups in total. The third kappa shape index (κ3) is 3.00. The van der Waals surface area contributed by atoms with Gasteiger partial charge in [-0.1, -0.05) is 109 Å². The van der Waals surface area contributed by atoms with Crippen LogP contribution in [0.15, 0.2) is 121 Å². The fourth-order valence-electron chi connectivity index (χ4n) is 5.95. The Morgan fingerprint density at radius 1 is 0.667 bits per heavy atom. The second-order valence-corrected chi connectivity index (χ2v) is 8.90. The van der Waals surface area contributed by atoms with Crippen LogP contribution < -0.4 is 4.74 Å². The van der Waals surface area contributed by atoms with E-state index in [1.807, 2.05) is 0 Å². The summed E-state index contributed by atoms with van der Waals surface area (Å²) in [6, 6.07) is 44.2. The highest BCUT2D eigenvalue weighted by atomic mass is 16.5. The standard InChI is InChI=1S/C32H26O/c1-33-31-22-27(20-24-14-8-10-18-28(24)31)32(26-16-6-3-7-17-26)29-19-11-9-15-25(29)21-30(32)23-12-4-2-5-13-23/h2-20,22,30H,21H2,1H3. The van der Waals surface area contributed by atoms with Gasteiger partial charge in [-0.15, -0.1) is 0 Å². The molecule has 1 aliphatic carbocycles. The fraction of sp³-hybridized carbons (Fsp3) is 0.125. The van der Waals surface area contributed by atoms with E-state index in [4.69, 9.17) is 4.74 Å². The highest BCUT2D eigenvalue weighted by Crippen LogP contribution is 2.57. The number of ether oxygens (including phenoxy) is 1. The molecule has 0 amide bonds. The van der Waals surface area contributed by atoms with E-state index in [0.29, 0.717) is 0 Å². The third-order valence-electron chi connectivity index (χ3n) is 7.32. The van der Waals surface area contributed by atoms with Gasteiger partial charge in [0.2, 0.25) is 0 Å². The molecule has 6 rings (SSSR count). The van der Waals surface area contributed by atoms with Crippen molar-refractivity contribution in [2.45, 2.75) is 17.8 Å². The summed E-state index contributed by atoms with van der Waals surface area (Å²) >= 11 is 0. The summed E-state index contributed by atoms with van der Waals surface area (Å²) in [5, 5.41) is 2.35. The van der Waals surface area contributed by atoms with E-state index in [9.17, 15) is 0 Å². The average molecular weight is 427 g/mol. The number of rotatable bonds is 4. The lowest BCUT2D eigenvalue weighted by atomic mass is 9.63. The van der Waals surface area contributed by atoms with Gasteiger partial charge in [-0.25, -0.2) is 0 Å². The van der Waals surface area contributed by atoms with Crippen molar-refractivity contribution in [3.63, 3.8) is 0 Å². The molecule has 0 aliphatic heterocycles. The molecule has 0 spiro atoms. The summed E-state index contributed by atoms with van der Waals surface area (Å²) in [4.78, 5) is 0. The van der Waals surface area contributed by atoms with Crippen molar-refractivity contribution in [2.75, 3.05) is 7.11 Å². The van der Waals surface area contributed by atoms with Gasteiger partial charge < -0.3 is 4.74 Å². The predicted molar refractivity (Wildman–Crippen MR) is 136 cm³/mol. The Morgan fingerprint density at radius 2 is 1.33 bits per heavy atom. The number of benzene rings is 5. The van der Waals surface area contributed by atoms with E-state index in [-0.39, 0.29) is 11.3 Å². The van der Waals surface area contributed by atoms with Gasteiger partial charge in [0.05, 0.1) is 12.5 Å². The lowest BCUT2D eigenvalue weighted by Gasteiger charge is -2.39. The van der Waals surface area contributed by atoms with Gasteiger partial charge in [0, 0.05) is 11.3 Å². The van der Waals surface area contributed by atoms with Gasteiger partial charge >= 0.3 is 0 Å². The smallest absolute Gasteiger partial charge is 0.127 e. The van der Waals surface area contributed by atoms with E-state index in [1.54, 1.807) is 7.11 Å². The van der Waals surface area contributed by atoms with Gasteiger partial charge in [0.15, 0.2) is 0 Å². The normalized spacial score (nSPS) is 19.4. The Morgan fingerprint density at radius 3 is 2.12 bits per heavy atom. The molecule has 0 radical (unpaired) electrons. The molecule has 5 aromatic rings. The van der Waals surface area contributed by atoms with Crippen LogP contribution in [0.3, 0.4) is 0 Å². The molecule has 33 heavy (non-hydrogen) atoms. The van der Waals surface area contributed by atoms with Gasteiger partial charge in [-0.2, -0.15) is 0 Å². The zero-order valence-corrected chi connectivity index (χ0v) is 18.7. The quantitative estimate of drug-likeness (QED) is 0.289. The molecule has 160 valence electrons. The summed E-state index contributed by atoms with van der Waals surface area (Å²) < 4.78 is 5.94. The molecular formula is C32H26O. The largest absolute Gasteiger partial charge is 0.496 e. The summed E-state index contributed by atoms with van der Waals surface area (Å²) in [5.41, 5.74) is 6.47. The minimum Gasteiger partial charge on any atom is -0.496 e. The van der Waals surface area contributed by atoms with E-state index >= 15 is 0 Å². The van der Waals surface area contributed by atoms with Crippen molar-refractivity contribution < 1.29 is 4.74 Å². The Labute approximate surface area is 195 Å². The summed E-state index contributed by atoms with van der Waals surface area (Å²) in [7, 11) is 1.78. The lowest BCUT2D eigenvalue weighted by molar-refractivity contribution is 0.417. The molecular weight excluding hydrogens is 400 g/mol. The van der Waals surface area contributed by atoms with E-state index in [1.165, 1.54) is 33.2 Å². The molecule has 0 saturated carbocycles. The molecule has 0 aromatic heterocycles. The van der Waals surface area contributed by atoms with Crippen LogP contribution in [0.4, 0.5) is 0 Å². The summed E-state index contributed by atoms with van der Waals surface area (Å²) in [6.45, 7) is 0. The highest BCUT2D eigenvalue weighted by molar-refractivity contribution is 5.90. The Bertz CT molecular complexity index is 1420. The first-order chi connectivity index (χ1) is 16.3. The SMILES string of the molecule is COc1cc(C2(c3ccccc3)c3ccccc3CC2c2ccccc2)cc2ccccc12. The van der Waals surface area contributed by atoms with E-state index in [0.717, 1.165) is 17.6 Å². The van der Waals surface area contributed by atoms with Crippen molar-refractivity contribution >= 4 is 10.8 Å². The topological polar surface area (TPSA) is 9.23 Å². The van der Waals surface area contributed by atoms with Crippen LogP contribution in [0.2, 0.25) is 0 Å². The summed E-state index contributed by atoms with van der Waals surface area (Å²) in [6.07, 6.45) is 1.00. The van der Waals surface area contributed by atoms with Crippen LogP contribution >= 0.6 is 0 Å². The number of methoxy groups -OCH3 is 1. The molecule has 5 aromatic carbocycles. The zero-order valence-electron chi connectivity index (χ0n) is 18.7. The minimum absolute atomic E-state index is 0.282. The molecule has 2 atom stereocenters. The Hall–Kier alpha value is -3.84. The first-order valence-electron chi connectivity index (χ1n) is 11.6. The van der Waals surface area contributed by atoms with Crippen LogP contribution in [-0.2, 0) is 11.8 Å². The van der Waals surface area contributed by atoms with Crippen molar-refractivity contribution in [1.82, 2.24) is 0 Å². The first kappa shape index (κ1) is 19.8. The lowest BCUT2D eigenvalue weighted by Crippen LogP contribution is -2.33. The molecule has 1 nitrogen and oxygen atoms in total. The zero-order chi connectivity index (χ0) is 22.3. The molecule has 1 aliphatic rings. The average Bonchev–Trinajstić information content (AvgIpc) is 3.25.